The normalized spacial score (nSPS) is 11.7. The zero-order valence-electron chi connectivity index (χ0n) is 20.5. The maximum absolute atomic E-state index is 6.21. The Morgan fingerprint density at radius 1 is 0.263 bits per heavy atom. The van der Waals surface area contributed by atoms with Gasteiger partial charge in [-0.1, -0.05) is 78.9 Å². The first-order valence-electron chi connectivity index (χ1n) is 12.8. The molecule has 6 aromatic carbocycles. The Bertz CT molecular complexity index is 1990. The van der Waals surface area contributed by atoms with Crippen LogP contribution in [-0.2, 0) is 0 Å². The first-order chi connectivity index (χ1) is 18.8. The highest BCUT2D eigenvalue weighted by Crippen LogP contribution is 2.38. The molecule has 0 aliphatic rings. The molecule has 8 aromatic rings. The molecule has 0 unspecified atom stereocenters. The Balaban J connectivity index is 1.33. The minimum absolute atomic E-state index is 0.902. The van der Waals surface area contributed by atoms with Crippen molar-refractivity contribution in [2.45, 2.75) is 0 Å². The molecule has 2 nitrogen and oxygen atoms in total. The summed E-state index contributed by atoms with van der Waals surface area (Å²) in [6.45, 7) is 0. The summed E-state index contributed by atoms with van der Waals surface area (Å²) in [6, 6.07) is 46.8. The SMILES string of the molecule is c1ccc(-c2cc(-c3ccc4c(c3)oc3ccccc34)cc(-c3ccc4c(c3)oc3ccccc34)c2)cc1. The standard InChI is InChI=1S/C36H22O2/c1-2-8-23(9-3-1)26-18-27(24-14-16-31-29-10-4-6-12-33(29)37-35(31)21-24)20-28(19-26)25-15-17-32-30-11-5-7-13-34(30)38-36(32)22-25/h1-22H. The largest absolute Gasteiger partial charge is 0.456 e. The highest BCUT2D eigenvalue weighted by Gasteiger charge is 2.13. The van der Waals surface area contributed by atoms with Crippen molar-refractivity contribution in [3.8, 4) is 33.4 Å². The van der Waals surface area contributed by atoms with E-state index in [9.17, 15) is 0 Å². The summed E-state index contributed by atoms with van der Waals surface area (Å²) in [6.07, 6.45) is 0. The predicted molar refractivity (Wildman–Crippen MR) is 157 cm³/mol. The van der Waals surface area contributed by atoms with Crippen molar-refractivity contribution >= 4 is 43.9 Å². The van der Waals surface area contributed by atoms with E-state index in [2.05, 4.69) is 109 Å². The summed E-state index contributed by atoms with van der Waals surface area (Å²) in [7, 11) is 0. The highest BCUT2D eigenvalue weighted by atomic mass is 16.3. The van der Waals surface area contributed by atoms with Crippen molar-refractivity contribution in [1.29, 1.82) is 0 Å². The molecule has 2 heteroatoms. The minimum Gasteiger partial charge on any atom is -0.456 e. The van der Waals surface area contributed by atoms with Gasteiger partial charge in [0.15, 0.2) is 0 Å². The monoisotopic (exact) mass is 486 g/mol. The van der Waals surface area contributed by atoms with Crippen molar-refractivity contribution in [3.05, 3.63) is 133 Å². The zero-order valence-corrected chi connectivity index (χ0v) is 20.5. The van der Waals surface area contributed by atoms with Crippen LogP contribution >= 0.6 is 0 Å². The van der Waals surface area contributed by atoms with Crippen LogP contribution in [0.1, 0.15) is 0 Å². The molecular formula is C36H22O2. The van der Waals surface area contributed by atoms with Crippen molar-refractivity contribution < 1.29 is 8.83 Å². The van der Waals surface area contributed by atoms with E-state index in [-0.39, 0.29) is 0 Å². The number of furan rings is 2. The fourth-order valence-electron chi connectivity index (χ4n) is 5.57. The molecule has 0 amide bonds. The second-order valence-electron chi connectivity index (χ2n) is 9.78. The molecule has 0 spiro atoms. The quantitative estimate of drug-likeness (QED) is 0.248. The second-order valence-corrected chi connectivity index (χ2v) is 9.78. The molecule has 178 valence electrons. The van der Waals surface area contributed by atoms with Gasteiger partial charge < -0.3 is 8.83 Å². The van der Waals surface area contributed by atoms with E-state index in [4.69, 9.17) is 8.83 Å². The Labute approximate surface area is 219 Å². The Hall–Kier alpha value is -5.08. The molecular weight excluding hydrogens is 464 g/mol. The minimum atomic E-state index is 0.902. The predicted octanol–water partition coefficient (Wildman–Crippen LogP) is 10.5. The van der Waals surface area contributed by atoms with E-state index in [1.54, 1.807) is 0 Å². The maximum Gasteiger partial charge on any atom is 0.136 e. The first-order valence-corrected chi connectivity index (χ1v) is 12.8. The van der Waals surface area contributed by atoms with Crippen molar-refractivity contribution in [1.82, 2.24) is 0 Å². The third kappa shape index (κ3) is 3.35. The molecule has 38 heavy (non-hydrogen) atoms. The average molecular weight is 487 g/mol. The van der Waals surface area contributed by atoms with Gasteiger partial charge in [-0.25, -0.2) is 0 Å². The summed E-state index contributed by atoms with van der Waals surface area (Å²) in [5, 5.41) is 4.57. The van der Waals surface area contributed by atoms with E-state index in [0.29, 0.717) is 0 Å². The molecule has 2 heterocycles. The fraction of sp³-hybridized carbons (Fsp3) is 0. The van der Waals surface area contributed by atoms with Crippen LogP contribution in [0.25, 0.3) is 77.3 Å². The summed E-state index contributed by atoms with van der Waals surface area (Å²) in [5.74, 6) is 0. The van der Waals surface area contributed by atoms with Crippen LogP contribution < -0.4 is 0 Å². The lowest BCUT2D eigenvalue weighted by atomic mass is 9.92. The van der Waals surface area contributed by atoms with Crippen molar-refractivity contribution in [2.75, 3.05) is 0 Å². The Kier molecular flexibility index (Phi) is 4.55. The number of para-hydroxylation sites is 2. The maximum atomic E-state index is 6.21. The van der Waals surface area contributed by atoms with Gasteiger partial charge in [0.25, 0.3) is 0 Å². The highest BCUT2D eigenvalue weighted by molar-refractivity contribution is 6.07. The van der Waals surface area contributed by atoms with Crippen LogP contribution in [0.4, 0.5) is 0 Å². The Morgan fingerprint density at radius 2 is 0.684 bits per heavy atom. The van der Waals surface area contributed by atoms with E-state index < -0.39 is 0 Å². The van der Waals surface area contributed by atoms with Gasteiger partial charge in [0.2, 0.25) is 0 Å². The molecule has 0 radical (unpaired) electrons. The molecule has 2 aromatic heterocycles. The van der Waals surface area contributed by atoms with Crippen molar-refractivity contribution in [2.24, 2.45) is 0 Å². The number of hydrogen-bond acceptors (Lipinski definition) is 2. The molecule has 0 saturated carbocycles. The zero-order chi connectivity index (χ0) is 25.1. The summed E-state index contributed by atoms with van der Waals surface area (Å²) >= 11 is 0. The van der Waals surface area contributed by atoms with Gasteiger partial charge in [-0.15, -0.1) is 0 Å². The van der Waals surface area contributed by atoms with Gasteiger partial charge in [-0.3, -0.25) is 0 Å². The topological polar surface area (TPSA) is 26.3 Å². The van der Waals surface area contributed by atoms with Crippen LogP contribution in [0.3, 0.4) is 0 Å². The molecule has 0 fully saturated rings. The van der Waals surface area contributed by atoms with Crippen LogP contribution in [0, 0.1) is 0 Å². The summed E-state index contributed by atoms with van der Waals surface area (Å²) in [5.41, 5.74) is 10.5. The van der Waals surface area contributed by atoms with Crippen LogP contribution in [-0.4, -0.2) is 0 Å². The third-order valence-electron chi connectivity index (χ3n) is 7.46. The number of hydrogen-bond donors (Lipinski definition) is 0. The van der Waals surface area contributed by atoms with E-state index in [0.717, 1.165) is 66.1 Å². The number of fused-ring (bicyclic) bond motifs is 6. The average Bonchev–Trinajstić information content (AvgIpc) is 3.54. The fourth-order valence-corrected chi connectivity index (χ4v) is 5.57. The number of benzene rings is 6. The van der Waals surface area contributed by atoms with Crippen LogP contribution in [0.5, 0.6) is 0 Å². The van der Waals surface area contributed by atoms with Gasteiger partial charge in [-0.05, 0) is 88.0 Å². The molecule has 0 saturated heterocycles. The molecule has 0 bridgehead atoms. The van der Waals surface area contributed by atoms with Gasteiger partial charge in [0.05, 0.1) is 0 Å². The van der Waals surface area contributed by atoms with Gasteiger partial charge in [0, 0.05) is 21.5 Å². The van der Waals surface area contributed by atoms with Gasteiger partial charge >= 0.3 is 0 Å². The lowest BCUT2D eigenvalue weighted by Crippen LogP contribution is -1.86. The van der Waals surface area contributed by atoms with E-state index in [1.165, 1.54) is 11.1 Å². The van der Waals surface area contributed by atoms with Crippen LogP contribution in [0.15, 0.2) is 142 Å². The summed E-state index contributed by atoms with van der Waals surface area (Å²) < 4.78 is 12.4. The second kappa shape index (κ2) is 8.22. The molecule has 0 N–H and O–H groups in total. The van der Waals surface area contributed by atoms with Gasteiger partial charge in [-0.2, -0.15) is 0 Å². The molecule has 0 aliphatic carbocycles. The summed E-state index contributed by atoms with van der Waals surface area (Å²) in [4.78, 5) is 0. The smallest absolute Gasteiger partial charge is 0.136 e. The van der Waals surface area contributed by atoms with E-state index >= 15 is 0 Å². The molecule has 0 atom stereocenters. The van der Waals surface area contributed by atoms with E-state index in [1.807, 2.05) is 24.3 Å². The molecule has 8 rings (SSSR count). The first kappa shape index (κ1) is 21.0. The van der Waals surface area contributed by atoms with Crippen LogP contribution in [0.2, 0.25) is 0 Å². The lowest BCUT2D eigenvalue weighted by Gasteiger charge is -2.11. The van der Waals surface area contributed by atoms with Gasteiger partial charge in [0.1, 0.15) is 22.3 Å². The number of rotatable bonds is 3. The lowest BCUT2D eigenvalue weighted by molar-refractivity contribution is 0.668. The van der Waals surface area contributed by atoms with Crippen molar-refractivity contribution in [3.63, 3.8) is 0 Å². The Morgan fingerprint density at radius 3 is 1.21 bits per heavy atom. The third-order valence-corrected chi connectivity index (χ3v) is 7.46. The molecule has 0 aliphatic heterocycles.